The molecule has 1 aliphatic heterocycles. The molecule has 1 N–H and O–H groups in total. The van der Waals surface area contributed by atoms with Gasteiger partial charge in [0.15, 0.2) is 0 Å². The molecule has 0 radical (unpaired) electrons. The predicted octanol–water partition coefficient (Wildman–Crippen LogP) is 1.65. The zero-order valence-electron chi connectivity index (χ0n) is 10.1. The molecule has 1 aromatic rings. The Morgan fingerprint density at radius 2 is 2.24 bits per heavy atom. The summed E-state index contributed by atoms with van der Waals surface area (Å²) in [7, 11) is 0. The molecule has 0 saturated heterocycles. The molecule has 0 fully saturated rings. The van der Waals surface area contributed by atoms with Gasteiger partial charge in [0.05, 0.1) is 11.6 Å². The smallest absolute Gasteiger partial charge is 0.306 e. The maximum atomic E-state index is 11.0. The van der Waals surface area contributed by atoms with Crippen LogP contribution in [0.2, 0.25) is 0 Å². The van der Waals surface area contributed by atoms with Gasteiger partial charge in [0.2, 0.25) is 0 Å². The lowest BCUT2D eigenvalue weighted by Gasteiger charge is -2.24. The van der Waals surface area contributed by atoms with Gasteiger partial charge in [-0.1, -0.05) is 6.92 Å². The second-order valence-electron chi connectivity index (χ2n) is 5.45. The van der Waals surface area contributed by atoms with E-state index < -0.39 is 5.97 Å². The summed E-state index contributed by atoms with van der Waals surface area (Å²) in [4.78, 5) is 15.7. The summed E-state index contributed by atoms with van der Waals surface area (Å²) in [5.74, 6) is 1.00. The molecule has 0 spiro atoms. The fourth-order valence-electron chi connectivity index (χ4n) is 3.08. The highest BCUT2D eigenvalue weighted by atomic mass is 16.4. The van der Waals surface area contributed by atoms with Crippen LogP contribution in [0.4, 0.5) is 0 Å². The summed E-state index contributed by atoms with van der Waals surface area (Å²) in [6, 6.07) is 0. The van der Waals surface area contributed by atoms with Crippen molar-refractivity contribution < 1.29 is 9.90 Å². The number of fused-ring (bicyclic) bond motifs is 3. The minimum Gasteiger partial charge on any atom is -0.481 e. The summed E-state index contributed by atoms with van der Waals surface area (Å²) in [6.07, 6.45) is 4.52. The van der Waals surface area contributed by atoms with Crippen molar-refractivity contribution in [3.63, 3.8) is 0 Å². The molecule has 92 valence electrons. The molecule has 2 aliphatic rings. The molecule has 2 atom stereocenters. The van der Waals surface area contributed by atoms with E-state index >= 15 is 0 Å². The summed E-state index contributed by atoms with van der Waals surface area (Å²) in [6.45, 7) is 3.34. The number of aliphatic carboxylic acids is 1. The summed E-state index contributed by atoms with van der Waals surface area (Å²) < 4.78 is 2.35. The first-order chi connectivity index (χ1) is 8.15. The van der Waals surface area contributed by atoms with Gasteiger partial charge in [-0.05, 0) is 25.2 Å². The Balaban J connectivity index is 1.93. The van der Waals surface area contributed by atoms with Crippen LogP contribution >= 0.6 is 0 Å². The number of rotatable bonds is 1. The zero-order valence-corrected chi connectivity index (χ0v) is 10.1. The second-order valence-corrected chi connectivity index (χ2v) is 5.45. The number of carboxylic acids is 1. The number of hydrogen-bond acceptors (Lipinski definition) is 2. The molecule has 2 unspecified atom stereocenters. The molecule has 2 heterocycles. The topological polar surface area (TPSA) is 55.1 Å². The molecule has 1 aliphatic carbocycles. The van der Waals surface area contributed by atoms with Crippen LogP contribution in [-0.4, -0.2) is 20.6 Å². The lowest BCUT2D eigenvalue weighted by Crippen LogP contribution is -2.24. The van der Waals surface area contributed by atoms with Crippen LogP contribution in [0.5, 0.6) is 0 Å². The Morgan fingerprint density at radius 1 is 1.41 bits per heavy atom. The minimum absolute atomic E-state index is 0.225. The molecule has 0 saturated carbocycles. The average Bonchev–Trinajstić information content (AvgIpc) is 2.66. The standard InChI is InChI=1S/C13H18N2O2/c1-8-2-5-12-14-10-6-9(13(16)17)3-4-11(10)15(12)7-8/h8-9H,2-7H2,1H3,(H,16,17). The van der Waals surface area contributed by atoms with Crippen LogP contribution < -0.4 is 0 Å². The fraction of sp³-hybridized carbons (Fsp3) is 0.692. The molecular weight excluding hydrogens is 216 g/mol. The predicted molar refractivity (Wildman–Crippen MR) is 62.9 cm³/mol. The molecule has 4 nitrogen and oxygen atoms in total. The van der Waals surface area contributed by atoms with E-state index in [1.54, 1.807) is 0 Å². The van der Waals surface area contributed by atoms with Crippen molar-refractivity contribution in [2.45, 2.75) is 45.6 Å². The first-order valence-electron chi connectivity index (χ1n) is 6.45. The number of aryl methyl sites for hydroxylation is 1. The molecular formula is C13H18N2O2. The van der Waals surface area contributed by atoms with E-state index in [0.717, 1.165) is 37.4 Å². The first kappa shape index (κ1) is 10.8. The molecule has 0 bridgehead atoms. The van der Waals surface area contributed by atoms with E-state index in [0.29, 0.717) is 6.42 Å². The molecule has 0 aromatic carbocycles. The number of carbonyl (C=O) groups is 1. The number of hydrogen-bond donors (Lipinski definition) is 1. The van der Waals surface area contributed by atoms with E-state index in [-0.39, 0.29) is 5.92 Å². The molecule has 3 rings (SSSR count). The lowest BCUT2D eigenvalue weighted by atomic mass is 9.89. The molecule has 1 aromatic heterocycles. The molecule has 17 heavy (non-hydrogen) atoms. The van der Waals surface area contributed by atoms with Gasteiger partial charge in [0, 0.05) is 25.1 Å². The summed E-state index contributed by atoms with van der Waals surface area (Å²) in [5.41, 5.74) is 2.36. The first-order valence-corrected chi connectivity index (χ1v) is 6.45. The van der Waals surface area contributed by atoms with Gasteiger partial charge in [0.1, 0.15) is 5.82 Å². The van der Waals surface area contributed by atoms with Crippen LogP contribution in [0.1, 0.15) is 37.0 Å². The van der Waals surface area contributed by atoms with Crippen LogP contribution in [0.3, 0.4) is 0 Å². The van der Waals surface area contributed by atoms with Gasteiger partial charge in [-0.25, -0.2) is 4.98 Å². The maximum absolute atomic E-state index is 11.0. The van der Waals surface area contributed by atoms with Crippen molar-refractivity contribution in [3.8, 4) is 0 Å². The van der Waals surface area contributed by atoms with Crippen molar-refractivity contribution in [1.82, 2.24) is 9.55 Å². The Kier molecular flexibility index (Phi) is 2.45. The van der Waals surface area contributed by atoms with E-state index in [2.05, 4.69) is 16.5 Å². The number of carboxylic acid groups (broad SMARTS) is 1. The highest BCUT2D eigenvalue weighted by molar-refractivity contribution is 5.70. The minimum atomic E-state index is -0.671. The van der Waals surface area contributed by atoms with Crippen LogP contribution in [0, 0.1) is 11.8 Å². The Bertz CT molecular complexity index is 464. The Morgan fingerprint density at radius 3 is 3.00 bits per heavy atom. The highest BCUT2D eigenvalue weighted by Gasteiger charge is 2.30. The van der Waals surface area contributed by atoms with E-state index in [1.807, 2.05) is 0 Å². The van der Waals surface area contributed by atoms with E-state index in [4.69, 9.17) is 5.11 Å². The summed E-state index contributed by atoms with van der Waals surface area (Å²) in [5, 5.41) is 9.07. The number of aromatic nitrogens is 2. The third kappa shape index (κ3) is 1.75. The van der Waals surface area contributed by atoms with Gasteiger partial charge >= 0.3 is 5.97 Å². The van der Waals surface area contributed by atoms with Gasteiger partial charge in [-0.2, -0.15) is 0 Å². The fourth-order valence-corrected chi connectivity index (χ4v) is 3.08. The van der Waals surface area contributed by atoms with Crippen molar-refractivity contribution in [2.75, 3.05) is 0 Å². The van der Waals surface area contributed by atoms with E-state index in [9.17, 15) is 4.79 Å². The van der Waals surface area contributed by atoms with Crippen molar-refractivity contribution >= 4 is 5.97 Å². The van der Waals surface area contributed by atoms with Crippen molar-refractivity contribution in [2.24, 2.45) is 11.8 Å². The second kappa shape index (κ2) is 3.86. The number of imidazole rings is 1. The normalized spacial score (nSPS) is 27.4. The Labute approximate surface area is 101 Å². The van der Waals surface area contributed by atoms with E-state index in [1.165, 1.54) is 17.9 Å². The van der Waals surface area contributed by atoms with Gasteiger partial charge < -0.3 is 9.67 Å². The van der Waals surface area contributed by atoms with Crippen LogP contribution in [0.25, 0.3) is 0 Å². The third-order valence-electron chi connectivity index (χ3n) is 4.11. The quantitative estimate of drug-likeness (QED) is 0.804. The van der Waals surface area contributed by atoms with Crippen LogP contribution in [-0.2, 0) is 30.6 Å². The summed E-state index contributed by atoms with van der Waals surface area (Å²) >= 11 is 0. The van der Waals surface area contributed by atoms with Gasteiger partial charge in [-0.15, -0.1) is 0 Å². The van der Waals surface area contributed by atoms with Gasteiger partial charge in [-0.3, -0.25) is 4.79 Å². The third-order valence-corrected chi connectivity index (χ3v) is 4.11. The monoisotopic (exact) mass is 234 g/mol. The number of nitrogens with zero attached hydrogens (tertiary/aromatic N) is 2. The van der Waals surface area contributed by atoms with Gasteiger partial charge in [0.25, 0.3) is 0 Å². The Hall–Kier alpha value is -1.32. The maximum Gasteiger partial charge on any atom is 0.306 e. The largest absolute Gasteiger partial charge is 0.481 e. The SMILES string of the molecule is CC1CCc2nc3c(n2C1)CCC(C(=O)O)C3. The van der Waals surface area contributed by atoms with Crippen molar-refractivity contribution in [1.29, 1.82) is 0 Å². The zero-order chi connectivity index (χ0) is 12.0. The molecule has 0 amide bonds. The van der Waals surface area contributed by atoms with Crippen molar-refractivity contribution in [3.05, 3.63) is 17.2 Å². The average molecular weight is 234 g/mol. The lowest BCUT2D eigenvalue weighted by molar-refractivity contribution is -0.142. The molecule has 4 heteroatoms. The highest BCUT2D eigenvalue weighted by Crippen LogP contribution is 2.30. The van der Waals surface area contributed by atoms with Crippen LogP contribution in [0.15, 0.2) is 0 Å².